The lowest BCUT2D eigenvalue weighted by atomic mass is 10.1. The van der Waals surface area contributed by atoms with Crippen LogP contribution >= 0.6 is 0 Å². The molecule has 3 N–H and O–H groups in total. The molecule has 0 spiro atoms. The summed E-state index contributed by atoms with van der Waals surface area (Å²) in [6, 6.07) is 22.3. The van der Waals surface area contributed by atoms with Gasteiger partial charge in [-0.3, -0.25) is 9.59 Å². The second-order valence-electron chi connectivity index (χ2n) is 7.15. The Balaban J connectivity index is 1.61. The fraction of sp³-hybridized carbons (Fsp3) is 0.0800. The molecule has 4 rings (SSSR count). The summed E-state index contributed by atoms with van der Waals surface area (Å²) in [5, 5.41) is 7.80. The Morgan fingerprint density at radius 3 is 2.44 bits per heavy atom. The van der Waals surface area contributed by atoms with Crippen molar-refractivity contribution in [3.05, 3.63) is 83.9 Å². The number of H-pyrrole nitrogens is 1. The molecule has 0 saturated heterocycles. The lowest BCUT2D eigenvalue weighted by molar-refractivity contribution is -0.114. The number of hydrazone groups is 1. The Kier molecular flexibility index (Phi) is 5.98. The Morgan fingerprint density at radius 2 is 1.75 bits per heavy atom. The number of nitrogens with one attached hydrogen (secondary N) is 3. The summed E-state index contributed by atoms with van der Waals surface area (Å²) in [4.78, 5) is 27.0. The zero-order valence-corrected chi connectivity index (χ0v) is 17.7. The molecule has 0 saturated carbocycles. The van der Waals surface area contributed by atoms with Crippen LogP contribution in [0.4, 0.5) is 5.69 Å². The maximum atomic E-state index is 12.5. The van der Waals surface area contributed by atoms with Gasteiger partial charge in [0.15, 0.2) is 0 Å². The van der Waals surface area contributed by atoms with Crippen molar-refractivity contribution in [1.29, 1.82) is 0 Å². The van der Waals surface area contributed by atoms with Gasteiger partial charge in [-0.05, 0) is 48.0 Å². The molecule has 0 radical (unpaired) electrons. The zero-order chi connectivity index (χ0) is 22.5. The van der Waals surface area contributed by atoms with Gasteiger partial charge in [0.25, 0.3) is 5.91 Å². The van der Waals surface area contributed by atoms with E-state index in [9.17, 15) is 9.59 Å². The van der Waals surface area contributed by atoms with Gasteiger partial charge in [0.2, 0.25) is 5.91 Å². The molecule has 1 heterocycles. The molecule has 2 amide bonds. The zero-order valence-electron chi connectivity index (χ0n) is 17.7. The Hall–Kier alpha value is -4.39. The van der Waals surface area contributed by atoms with E-state index in [1.807, 2.05) is 48.5 Å². The number of benzene rings is 3. The maximum absolute atomic E-state index is 12.5. The van der Waals surface area contributed by atoms with Gasteiger partial charge >= 0.3 is 0 Å². The molecule has 7 heteroatoms. The van der Waals surface area contributed by atoms with Crippen LogP contribution in [0.1, 0.15) is 22.8 Å². The van der Waals surface area contributed by atoms with E-state index >= 15 is 0 Å². The molecule has 0 atom stereocenters. The van der Waals surface area contributed by atoms with Gasteiger partial charge in [0.1, 0.15) is 5.75 Å². The average molecular weight is 426 g/mol. The number of nitrogens with zero attached hydrogens (tertiary/aromatic N) is 1. The topological polar surface area (TPSA) is 95.6 Å². The first-order chi connectivity index (χ1) is 15.5. The Morgan fingerprint density at radius 1 is 1.00 bits per heavy atom. The van der Waals surface area contributed by atoms with Gasteiger partial charge in [-0.1, -0.05) is 30.3 Å². The van der Waals surface area contributed by atoms with E-state index < -0.39 is 0 Å². The van der Waals surface area contributed by atoms with Crippen molar-refractivity contribution in [2.45, 2.75) is 6.92 Å². The number of amides is 2. The lowest BCUT2D eigenvalue weighted by Crippen LogP contribution is -2.17. The summed E-state index contributed by atoms with van der Waals surface area (Å²) in [6.45, 7) is 1.43. The number of rotatable bonds is 6. The standard InChI is InChI=1S/C25H22N4O3/c1-16(30)27-19-10-8-18(9-11-19)25(31)29-26-15-22-21-14-20(32-2)12-13-23(21)28-24(22)17-6-4-3-5-7-17/h3-15,28H,1-2H3,(H,27,30)(H,29,31). The van der Waals surface area contributed by atoms with E-state index in [2.05, 4.69) is 20.8 Å². The van der Waals surface area contributed by atoms with Crippen LogP contribution < -0.4 is 15.5 Å². The molecule has 0 fully saturated rings. The van der Waals surface area contributed by atoms with Crippen molar-refractivity contribution in [2.24, 2.45) is 5.10 Å². The molecule has 4 aromatic rings. The fourth-order valence-corrected chi connectivity index (χ4v) is 3.41. The summed E-state index contributed by atoms with van der Waals surface area (Å²) < 4.78 is 5.37. The molecule has 32 heavy (non-hydrogen) atoms. The molecule has 0 bridgehead atoms. The number of aromatic nitrogens is 1. The number of aromatic amines is 1. The van der Waals surface area contributed by atoms with Crippen LogP contribution in [0, 0.1) is 0 Å². The summed E-state index contributed by atoms with van der Waals surface area (Å²) >= 11 is 0. The van der Waals surface area contributed by atoms with Gasteiger partial charge in [0.05, 0.1) is 19.0 Å². The van der Waals surface area contributed by atoms with Crippen LogP contribution in [0.5, 0.6) is 5.75 Å². The predicted molar refractivity (Wildman–Crippen MR) is 126 cm³/mol. The number of fused-ring (bicyclic) bond motifs is 1. The highest BCUT2D eigenvalue weighted by Crippen LogP contribution is 2.31. The number of anilines is 1. The minimum Gasteiger partial charge on any atom is -0.497 e. The third kappa shape index (κ3) is 4.52. The second-order valence-corrected chi connectivity index (χ2v) is 7.15. The first-order valence-corrected chi connectivity index (χ1v) is 10.0. The molecule has 160 valence electrons. The molecule has 0 aliphatic carbocycles. The third-order valence-corrected chi connectivity index (χ3v) is 4.94. The van der Waals surface area contributed by atoms with Crippen LogP contribution in [-0.4, -0.2) is 30.1 Å². The van der Waals surface area contributed by atoms with E-state index in [1.165, 1.54) is 6.92 Å². The summed E-state index contributed by atoms with van der Waals surface area (Å²) in [6.07, 6.45) is 1.63. The minimum absolute atomic E-state index is 0.170. The number of ether oxygens (including phenoxy) is 1. The van der Waals surface area contributed by atoms with Crippen LogP contribution in [0.3, 0.4) is 0 Å². The highest BCUT2D eigenvalue weighted by atomic mass is 16.5. The summed E-state index contributed by atoms with van der Waals surface area (Å²) in [5.41, 5.74) is 7.30. The molecule has 0 aliphatic heterocycles. The summed E-state index contributed by atoms with van der Waals surface area (Å²) in [7, 11) is 1.62. The number of hydrogen-bond acceptors (Lipinski definition) is 4. The van der Waals surface area contributed by atoms with E-state index in [-0.39, 0.29) is 11.8 Å². The maximum Gasteiger partial charge on any atom is 0.271 e. The average Bonchev–Trinajstić information content (AvgIpc) is 3.17. The highest BCUT2D eigenvalue weighted by Gasteiger charge is 2.13. The minimum atomic E-state index is -0.352. The van der Waals surface area contributed by atoms with Gasteiger partial charge in [0, 0.05) is 34.6 Å². The molecule has 3 aromatic carbocycles. The molecular formula is C25H22N4O3. The smallest absolute Gasteiger partial charge is 0.271 e. The van der Waals surface area contributed by atoms with Crippen molar-refractivity contribution in [3.63, 3.8) is 0 Å². The van der Waals surface area contributed by atoms with Crippen LogP contribution in [0.25, 0.3) is 22.2 Å². The van der Waals surface area contributed by atoms with Crippen molar-refractivity contribution in [1.82, 2.24) is 10.4 Å². The van der Waals surface area contributed by atoms with Crippen LogP contribution in [0.15, 0.2) is 77.9 Å². The molecule has 0 unspecified atom stereocenters. The second kappa shape index (κ2) is 9.18. The van der Waals surface area contributed by atoms with E-state index in [1.54, 1.807) is 37.6 Å². The van der Waals surface area contributed by atoms with Crippen molar-refractivity contribution in [2.75, 3.05) is 12.4 Å². The predicted octanol–water partition coefficient (Wildman–Crippen LogP) is 4.57. The van der Waals surface area contributed by atoms with Gasteiger partial charge in [-0.2, -0.15) is 5.10 Å². The fourth-order valence-electron chi connectivity index (χ4n) is 3.41. The van der Waals surface area contributed by atoms with Crippen LogP contribution in [-0.2, 0) is 4.79 Å². The first kappa shape index (κ1) is 20.9. The van der Waals surface area contributed by atoms with Crippen molar-refractivity contribution in [3.8, 4) is 17.0 Å². The van der Waals surface area contributed by atoms with Crippen molar-refractivity contribution < 1.29 is 14.3 Å². The third-order valence-electron chi connectivity index (χ3n) is 4.94. The largest absolute Gasteiger partial charge is 0.497 e. The van der Waals surface area contributed by atoms with Gasteiger partial charge in [-0.25, -0.2) is 5.43 Å². The first-order valence-electron chi connectivity index (χ1n) is 10.0. The normalized spacial score (nSPS) is 10.9. The number of hydrogen-bond donors (Lipinski definition) is 3. The quantitative estimate of drug-likeness (QED) is 0.311. The van der Waals surface area contributed by atoms with E-state index in [0.29, 0.717) is 11.3 Å². The number of carbonyl (C=O) groups is 2. The molecular weight excluding hydrogens is 404 g/mol. The summed E-state index contributed by atoms with van der Waals surface area (Å²) in [5.74, 6) is 0.208. The molecule has 0 aliphatic rings. The van der Waals surface area contributed by atoms with E-state index in [0.717, 1.165) is 33.5 Å². The van der Waals surface area contributed by atoms with Crippen LogP contribution in [0.2, 0.25) is 0 Å². The SMILES string of the molecule is COc1ccc2[nH]c(-c3ccccc3)c(C=NNC(=O)c3ccc(NC(C)=O)cc3)c2c1. The number of carbonyl (C=O) groups excluding carboxylic acids is 2. The lowest BCUT2D eigenvalue weighted by Gasteiger charge is -2.04. The van der Waals surface area contributed by atoms with Gasteiger partial charge in [-0.15, -0.1) is 0 Å². The Bertz CT molecular complexity index is 1290. The number of methoxy groups -OCH3 is 1. The highest BCUT2D eigenvalue weighted by molar-refractivity contribution is 6.06. The monoisotopic (exact) mass is 426 g/mol. The van der Waals surface area contributed by atoms with Crippen molar-refractivity contribution >= 4 is 34.6 Å². The van der Waals surface area contributed by atoms with E-state index in [4.69, 9.17) is 4.74 Å². The van der Waals surface area contributed by atoms with Gasteiger partial charge < -0.3 is 15.0 Å². The Labute approximate surface area is 185 Å². The molecule has 7 nitrogen and oxygen atoms in total. The molecule has 1 aromatic heterocycles.